The summed E-state index contributed by atoms with van der Waals surface area (Å²) in [5, 5.41) is 8.59. The van der Waals surface area contributed by atoms with E-state index in [0.717, 1.165) is 46.2 Å². The SMILES string of the molecule is C1=C(c2cccc3sc4ccc(C5=NC(c6ccccc6)NC(c6ccccc6)=N5)cc4c23)CC2Oc3cccc(-n4c5ccccc5c5ccccc54)c3C2=C1. The fourth-order valence-corrected chi connectivity index (χ4v) is 10.1. The summed E-state index contributed by atoms with van der Waals surface area (Å²) in [5.41, 5.74) is 11.6. The molecule has 4 heterocycles. The Morgan fingerprint density at radius 2 is 1.37 bits per heavy atom. The topological polar surface area (TPSA) is 50.9 Å². The van der Waals surface area contributed by atoms with Crippen molar-refractivity contribution in [2.24, 2.45) is 9.98 Å². The summed E-state index contributed by atoms with van der Waals surface area (Å²) in [6.45, 7) is 0. The molecule has 2 unspecified atom stereocenters. The van der Waals surface area contributed by atoms with Crippen molar-refractivity contribution in [2.75, 3.05) is 0 Å². The summed E-state index contributed by atoms with van der Waals surface area (Å²) in [5.74, 6) is 2.48. The van der Waals surface area contributed by atoms with Gasteiger partial charge in [-0.2, -0.15) is 0 Å². The number of hydrogen-bond donors (Lipinski definition) is 1. The molecule has 5 nitrogen and oxygen atoms in total. The number of rotatable bonds is 5. The maximum absolute atomic E-state index is 6.84. The molecule has 6 heteroatoms. The Morgan fingerprint density at radius 3 is 2.18 bits per heavy atom. The lowest BCUT2D eigenvalue weighted by molar-refractivity contribution is 0.281. The van der Waals surface area contributed by atoms with Crippen LogP contribution in [0.4, 0.5) is 0 Å². The number of hydrogen-bond acceptors (Lipinski definition) is 5. The molecule has 270 valence electrons. The highest BCUT2D eigenvalue weighted by Gasteiger charge is 2.35. The van der Waals surface area contributed by atoms with E-state index in [2.05, 4.69) is 162 Å². The van der Waals surface area contributed by atoms with E-state index in [1.807, 2.05) is 35.6 Å². The van der Waals surface area contributed by atoms with Crippen LogP contribution in [-0.2, 0) is 0 Å². The van der Waals surface area contributed by atoms with Crippen LogP contribution in [0.25, 0.3) is 58.8 Å². The highest BCUT2D eigenvalue weighted by molar-refractivity contribution is 7.25. The molecule has 0 saturated carbocycles. The van der Waals surface area contributed by atoms with Gasteiger partial charge < -0.3 is 14.6 Å². The van der Waals surface area contributed by atoms with Crippen LogP contribution in [-0.4, -0.2) is 22.3 Å². The van der Waals surface area contributed by atoms with Crippen molar-refractivity contribution in [3.05, 3.63) is 204 Å². The van der Waals surface area contributed by atoms with Crippen LogP contribution in [0.15, 0.2) is 186 Å². The van der Waals surface area contributed by atoms with Gasteiger partial charge in [0.2, 0.25) is 0 Å². The quantitative estimate of drug-likeness (QED) is 0.190. The van der Waals surface area contributed by atoms with Crippen molar-refractivity contribution in [1.82, 2.24) is 9.88 Å². The molecule has 2 aliphatic heterocycles. The van der Waals surface area contributed by atoms with E-state index >= 15 is 0 Å². The number of amidine groups is 2. The molecule has 7 aromatic carbocycles. The molecule has 2 atom stereocenters. The highest BCUT2D eigenvalue weighted by atomic mass is 32.1. The van der Waals surface area contributed by atoms with Crippen LogP contribution in [0.3, 0.4) is 0 Å². The third kappa shape index (κ3) is 5.14. The molecular formula is C51H34N4OS. The first-order chi connectivity index (χ1) is 28.2. The van der Waals surface area contributed by atoms with Gasteiger partial charge in [0, 0.05) is 59.6 Å². The van der Waals surface area contributed by atoms with E-state index in [1.54, 1.807) is 0 Å². The third-order valence-electron chi connectivity index (χ3n) is 11.6. The second-order valence-corrected chi connectivity index (χ2v) is 16.0. The van der Waals surface area contributed by atoms with Gasteiger partial charge in [0.15, 0.2) is 5.84 Å². The lowest BCUT2D eigenvalue weighted by atomic mass is 9.87. The first-order valence-electron chi connectivity index (χ1n) is 19.4. The van der Waals surface area contributed by atoms with Crippen LogP contribution in [0.2, 0.25) is 0 Å². The van der Waals surface area contributed by atoms with E-state index in [-0.39, 0.29) is 12.3 Å². The first kappa shape index (κ1) is 32.2. The van der Waals surface area contributed by atoms with Gasteiger partial charge in [-0.05, 0) is 65.2 Å². The van der Waals surface area contributed by atoms with Crippen molar-refractivity contribution in [3.63, 3.8) is 0 Å². The standard InChI is InChI=1S/C51H34N4OS/c1-3-13-31(14-4-1)49-52-50(32-15-5-2-6-16-32)54-51(53-49)34-26-28-45-39(29-34)47-35(19-11-24-46(47)57-45)33-25-27-38-44(30-33)56-43-23-12-22-42(48(38)43)55-40-20-9-7-17-36(40)37-18-8-10-21-41(37)55/h1-29,44,49H,30H2,(H,52,53,54). The summed E-state index contributed by atoms with van der Waals surface area (Å²) < 4.78 is 11.8. The largest absolute Gasteiger partial charge is 0.485 e. The minimum absolute atomic E-state index is 0.0743. The number of aliphatic imine (C=N–C) groups is 2. The number of nitrogens with one attached hydrogen (secondary N) is 1. The summed E-state index contributed by atoms with van der Waals surface area (Å²) >= 11 is 1.84. The van der Waals surface area contributed by atoms with Crippen LogP contribution in [0, 0.1) is 0 Å². The van der Waals surface area contributed by atoms with Gasteiger partial charge in [-0.1, -0.05) is 127 Å². The Bertz CT molecular complexity index is 3170. The minimum Gasteiger partial charge on any atom is -0.485 e. The number of ether oxygens (including phenoxy) is 1. The lowest BCUT2D eigenvalue weighted by Gasteiger charge is -2.23. The monoisotopic (exact) mass is 750 g/mol. The van der Waals surface area contributed by atoms with E-state index in [9.17, 15) is 0 Å². The Kier molecular flexibility index (Phi) is 7.22. The molecule has 1 aliphatic carbocycles. The molecule has 0 spiro atoms. The van der Waals surface area contributed by atoms with Gasteiger partial charge in [0.1, 0.15) is 23.9 Å². The van der Waals surface area contributed by atoms with Gasteiger partial charge >= 0.3 is 0 Å². The Labute approximate surface area is 333 Å². The Balaban J connectivity index is 0.968. The molecule has 2 aromatic heterocycles. The lowest BCUT2D eigenvalue weighted by Crippen LogP contribution is -2.33. The molecule has 0 fully saturated rings. The zero-order valence-corrected chi connectivity index (χ0v) is 31.6. The van der Waals surface area contributed by atoms with Gasteiger partial charge in [-0.3, -0.25) is 0 Å². The maximum atomic E-state index is 6.84. The molecule has 57 heavy (non-hydrogen) atoms. The van der Waals surface area contributed by atoms with E-state index in [0.29, 0.717) is 0 Å². The molecule has 12 rings (SSSR count). The van der Waals surface area contributed by atoms with Crippen LogP contribution in [0.5, 0.6) is 5.75 Å². The van der Waals surface area contributed by atoms with Gasteiger partial charge in [-0.25, -0.2) is 9.98 Å². The predicted octanol–water partition coefficient (Wildman–Crippen LogP) is 12.3. The number of benzene rings is 7. The number of allylic oxidation sites excluding steroid dienone is 2. The minimum atomic E-state index is -0.251. The molecule has 9 aromatic rings. The summed E-state index contributed by atoms with van der Waals surface area (Å²) in [6, 6.07) is 58.0. The van der Waals surface area contributed by atoms with Crippen LogP contribution in [0.1, 0.15) is 40.4 Å². The number of nitrogens with zero attached hydrogens (tertiary/aromatic N) is 3. The van der Waals surface area contributed by atoms with Crippen LogP contribution >= 0.6 is 11.3 Å². The van der Waals surface area contributed by atoms with Crippen molar-refractivity contribution in [3.8, 4) is 11.4 Å². The van der Waals surface area contributed by atoms with Crippen molar-refractivity contribution in [1.29, 1.82) is 0 Å². The molecule has 0 radical (unpaired) electrons. The smallest absolute Gasteiger partial charge is 0.159 e. The fourth-order valence-electron chi connectivity index (χ4n) is 9.02. The molecule has 0 bridgehead atoms. The molecular weight excluding hydrogens is 717 g/mol. The zero-order valence-electron chi connectivity index (χ0n) is 30.8. The van der Waals surface area contributed by atoms with Gasteiger partial charge in [-0.15, -0.1) is 11.3 Å². The molecule has 1 N–H and O–H groups in total. The molecule has 3 aliphatic rings. The number of para-hydroxylation sites is 2. The Morgan fingerprint density at radius 1 is 0.632 bits per heavy atom. The van der Waals surface area contributed by atoms with E-state index < -0.39 is 0 Å². The predicted molar refractivity (Wildman–Crippen MR) is 237 cm³/mol. The highest BCUT2D eigenvalue weighted by Crippen LogP contribution is 2.49. The number of thiophene rings is 1. The van der Waals surface area contributed by atoms with E-state index in [4.69, 9.17) is 14.7 Å². The molecule has 0 saturated heterocycles. The number of aromatic nitrogens is 1. The average molecular weight is 751 g/mol. The Hall–Kier alpha value is -7.02. The van der Waals surface area contributed by atoms with Crippen LogP contribution < -0.4 is 10.1 Å². The van der Waals surface area contributed by atoms with Crippen molar-refractivity contribution >= 4 is 76.1 Å². The van der Waals surface area contributed by atoms with E-state index in [1.165, 1.54) is 64.3 Å². The number of fused-ring (bicyclic) bond motifs is 9. The average Bonchev–Trinajstić information content (AvgIpc) is 3.96. The normalized spacial score (nSPS) is 17.4. The van der Waals surface area contributed by atoms with Crippen molar-refractivity contribution < 1.29 is 4.74 Å². The summed E-state index contributed by atoms with van der Waals surface area (Å²) in [6.07, 6.45) is 5.09. The summed E-state index contributed by atoms with van der Waals surface area (Å²) in [7, 11) is 0. The zero-order chi connectivity index (χ0) is 37.5. The second-order valence-electron chi connectivity index (χ2n) is 14.9. The van der Waals surface area contributed by atoms with Gasteiger partial charge in [0.25, 0.3) is 0 Å². The third-order valence-corrected chi connectivity index (χ3v) is 12.7. The van der Waals surface area contributed by atoms with Gasteiger partial charge in [0.05, 0.1) is 16.7 Å². The fraction of sp³-hybridized carbons (Fsp3) is 0.0588. The second kappa shape index (κ2) is 12.8. The summed E-state index contributed by atoms with van der Waals surface area (Å²) in [4.78, 5) is 10.3. The van der Waals surface area contributed by atoms with Crippen molar-refractivity contribution in [2.45, 2.75) is 18.7 Å². The maximum Gasteiger partial charge on any atom is 0.159 e. The molecule has 0 amide bonds. The first-order valence-corrected chi connectivity index (χ1v) is 20.3.